The minimum atomic E-state index is -4.42. The number of carboxylic acid groups (broad SMARTS) is 1. The first-order valence-corrected chi connectivity index (χ1v) is 12.0. The second kappa shape index (κ2) is 9.93. The molecule has 0 spiro atoms. The topological polar surface area (TPSA) is 81.1 Å². The van der Waals surface area contributed by atoms with Crippen LogP contribution in [0.3, 0.4) is 0 Å². The van der Waals surface area contributed by atoms with E-state index in [1.807, 2.05) is 11.6 Å². The second-order valence-electron chi connectivity index (χ2n) is 9.00. The van der Waals surface area contributed by atoms with Gasteiger partial charge in [-0.05, 0) is 61.6 Å². The number of aliphatic carboxylic acids is 1. The van der Waals surface area contributed by atoms with Crippen LogP contribution in [0.25, 0.3) is 11.3 Å². The monoisotopic (exact) mass is 505 g/mol. The number of rotatable bonds is 7. The smallest absolute Gasteiger partial charge is 0.416 e. The number of anilines is 1. The molecule has 2 atom stereocenters. The van der Waals surface area contributed by atoms with Gasteiger partial charge < -0.3 is 10.8 Å². The number of nitrogens with two attached hydrogens (primary N) is 1. The lowest BCUT2D eigenvalue weighted by atomic mass is 9.83. The number of hydrogen-bond donors (Lipinski definition) is 2. The predicted octanol–water partition coefficient (Wildman–Crippen LogP) is 7.09. The first kappa shape index (κ1) is 25.1. The average Bonchev–Trinajstić information content (AvgIpc) is 3.17. The molecule has 3 aromatic rings. The van der Waals surface area contributed by atoms with Crippen molar-refractivity contribution in [2.75, 3.05) is 5.73 Å². The van der Waals surface area contributed by atoms with Crippen molar-refractivity contribution >= 4 is 23.3 Å². The van der Waals surface area contributed by atoms with Crippen LogP contribution in [0.1, 0.15) is 73.4 Å². The highest BCUT2D eigenvalue weighted by Gasteiger charge is 2.34. The van der Waals surface area contributed by atoms with Crippen molar-refractivity contribution in [2.24, 2.45) is 0 Å². The number of nitrogen functional groups attached to an aromatic ring is 1. The van der Waals surface area contributed by atoms with E-state index < -0.39 is 17.7 Å². The quantitative estimate of drug-likeness (QED) is 0.336. The van der Waals surface area contributed by atoms with E-state index in [1.54, 1.807) is 18.2 Å². The lowest BCUT2D eigenvalue weighted by Crippen LogP contribution is -2.21. The first-order valence-electron chi connectivity index (χ1n) is 11.7. The second-order valence-corrected chi connectivity index (χ2v) is 9.44. The van der Waals surface area contributed by atoms with Crippen LogP contribution in [0.4, 0.5) is 18.9 Å². The number of benzene rings is 2. The van der Waals surface area contributed by atoms with Crippen LogP contribution in [-0.2, 0) is 17.4 Å². The maximum atomic E-state index is 13.2. The number of alkyl halides is 3. The minimum absolute atomic E-state index is 0.0416. The summed E-state index contributed by atoms with van der Waals surface area (Å²) in [4.78, 5) is 11.7. The summed E-state index contributed by atoms with van der Waals surface area (Å²) in [6.07, 6.45) is -0.830. The third kappa shape index (κ3) is 5.17. The molecule has 0 amide bonds. The number of hydrogen-bond acceptors (Lipinski definition) is 3. The molecule has 1 aliphatic rings. The maximum Gasteiger partial charge on any atom is 0.416 e. The third-order valence-corrected chi connectivity index (χ3v) is 6.82. The highest BCUT2D eigenvalue weighted by molar-refractivity contribution is 6.31. The van der Waals surface area contributed by atoms with Gasteiger partial charge in [-0.25, -0.2) is 0 Å². The molecule has 0 saturated carbocycles. The molecule has 0 bridgehead atoms. The van der Waals surface area contributed by atoms with E-state index in [0.717, 1.165) is 36.2 Å². The van der Waals surface area contributed by atoms with Gasteiger partial charge in [0.1, 0.15) is 0 Å². The molecule has 1 aromatic heterocycles. The number of aromatic nitrogens is 2. The molecule has 0 saturated heterocycles. The standard InChI is InChI=1S/C26H27ClF3N3O2/c1-2-4-22(15-7-9-17(10-8-15)26(28,29)30)33-25-16(13-23(34)35)5-3-6-20(25)24(32-33)19-12-11-18(27)14-21(19)31/h7-12,14,16,22H,2-6,13,31H2,1H3,(H,34,35). The van der Waals surface area contributed by atoms with Gasteiger partial charge in [0.05, 0.1) is 23.7 Å². The summed E-state index contributed by atoms with van der Waals surface area (Å²) >= 11 is 6.10. The molecule has 5 nitrogen and oxygen atoms in total. The van der Waals surface area contributed by atoms with Gasteiger partial charge in [0.15, 0.2) is 0 Å². The number of carbonyl (C=O) groups is 1. The Hall–Kier alpha value is -3.00. The molecule has 0 aliphatic heterocycles. The van der Waals surface area contributed by atoms with Crippen LogP contribution >= 0.6 is 11.6 Å². The Bertz CT molecular complexity index is 1220. The fraction of sp³-hybridized carbons (Fsp3) is 0.385. The number of halogens is 4. The maximum absolute atomic E-state index is 13.2. The summed E-state index contributed by atoms with van der Waals surface area (Å²) in [6, 6.07) is 9.99. The van der Waals surface area contributed by atoms with Gasteiger partial charge in [-0.3, -0.25) is 9.48 Å². The lowest BCUT2D eigenvalue weighted by molar-refractivity contribution is -0.138. The molecule has 35 heavy (non-hydrogen) atoms. The number of nitrogens with zero attached hydrogens (tertiary/aromatic N) is 2. The van der Waals surface area contributed by atoms with E-state index in [4.69, 9.17) is 22.4 Å². The Balaban J connectivity index is 1.90. The Morgan fingerprint density at radius 2 is 1.97 bits per heavy atom. The normalized spacial score (nSPS) is 16.7. The molecule has 9 heteroatoms. The zero-order valence-electron chi connectivity index (χ0n) is 19.3. The largest absolute Gasteiger partial charge is 0.481 e. The SMILES string of the molecule is CCCC(c1ccc(C(F)(F)F)cc1)n1nc(-c2ccc(Cl)cc2N)c2c1C(CC(=O)O)CCC2. The zero-order chi connectivity index (χ0) is 25.3. The Kier molecular flexibility index (Phi) is 7.12. The van der Waals surface area contributed by atoms with Crippen LogP contribution in [0, 0.1) is 0 Å². The predicted molar refractivity (Wildman–Crippen MR) is 130 cm³/mol. The van der Waals surface area contributed by atoms with E-state index in [1.165, 1.54) is 12.1 Å². The van der Waals surface area contributed by atoms with Crippen LogP contribution in [0.5, 0.6) is 0 Å². The van der Waals surface area contributed by atoms with Crippen LogP contribution in [0.15, 0.2) is 42.5 Å². The lowest BCUT2D eigenvalue weighted by Gasteiger charge is -2.27. The van der Waals surface area contributed by atoms with E-state index in [9.17, 15) is 23.1 Å². The van der Waals surface area contributed by atoms with E-state index in [2.05, 4.69) is 0 Å². The van der Waals surface area contributed by atoms with Gasteiger partial charge in [-0.15, -0.1) is 0 Å². The first-order chi connectivity index (χ1) is 16.6. The summed E-state index contributed by atoms with van der Waals surface area (Å²) in [5.41, 5.74) is 9.90. The van der Waals surface area contributed by atoms with Crippen molar-refractivity contribution in [3.05, 3.63) is 69.9 Å². The average molecular weight is 506 g/mol. The van der Waals surface area contributed by atoms with Gasteiger partial charge in [0.25, 0.3) is 0 Å². The van der Waals surface area contributed by atoms with E-state index >= 15 is 0 Å². The van der Waals surface area contributed by atoms with Crippen molar-refractivity contribution in [2.45, 2.75) is 63.6 Å². The Morgan fingerprint density at radius 3 is 2.57 bits per heavy atom. The molecule has 1 heterocycles. The Labute approximate surface area is 206 Å². The molecule has 2 aromatic carbocycles. The van der Waals surface area contributed by atoms with Crippen LogP contribution < -0.4 is 5.73 Å². The van der Waals surface area contributed by atoms with Gasteiger partial charge in [-0.2, -0.15) is 18.3 Å². The van der Waals surface area contributed by atoms with Crippen molar-refractivity contribution in [3.8, 4) is 11.3 Å². The molecule has 3 N–H and O–H groups in total. The molecule has 4 rings (SSSR count). The molecule has 2 unspecified atom stereocenters. The highest BCUT2D eigenvalue weighted by Crippen LogP contribution is 2.43. The zero-order valence-corrected chi connectivity index (χ0v) is 20.0. The highest BCUT2D eigenvalue weighted by atomic mass is 35.5. The summed E-state index contributed by atoms with van der Waals surface area (Å²) < 4.78 is 41.3. The van der Waals surface area contributed by atoms with Gasteiger partial charge in [0.2, 0.25) is 0 Å². The molecule has 0 radical (unpaired) electrons. The van der Waals surface area contributed by atoms with Gasteiger partial charge in [0, 0.05) is 33.4 Å². The van der Waals surface area contributed by atoms with Gasteiger partial charge >= 0.3 is 12.1 Å². The van der Waals surface area contributed by atoms with Crippen molar-refractivity contribution in [3.63, 3.8) is 0 Å². The van der Waals surface area contributed by atoms with Crippen LogP contribution in [0.2, 0.25) is 5.02 Å². The summed E-state index contributed by atoms with van der Waals surface area (Å²) in [6.45, 7) is 2.00. The fourth-order valence-electron chi connectivity index (χ4n) is 5.03. The minimum Gasteiger partial charge on any atom is -0.481 e. The molecule has 186 valence electrons. The molecule has 0 fully saturated rings. The Morgan fingerprint density at radius 1 is 1.26 bits per heavy atom. The number of carboxylic acids is 1. The van der Waals surface area contributed by atoms with Crippen molar-refractivity contribution in [1.29, 1.82) is 0 Å². The fourth-order valence-corrected chi connectivity index (χ4v) is 5.21. The third-order valence-electron chi connectivity index (χ3n) is 6.59. The molecule has 1 aliphatic carbocycles. The van der Waals surface area contributed by atoms with Crippen molar-refractivity contribution in [1.82, 2.24) is 9.78 Å². The van der Waals surface area contributed by atoms with E-state index in [-0.39, 0.29) is 18.4 Å². The molecular formula is C26H27ClF3N3O2. The summed E-state index contributed by atoms with van der Waals surface area (Å²) in [5, 5.41) is 15.0. The van der Waals surface area contributed by atoms with E-state index in [0.29, 0.717) is 46.8 Å². The summed E-state index contributed by atoms with van der Waals surface area (Å²) in [7, 11) is 0. The molecular weight excluding hydrogens is 479 g/mol. The summed E-state index contributed by atoms with van der Waals surface area (Å²) in [5.74, 6) is -1.15. The van der Waals surface area contributed by atoms with Gasteiger partial charge in [-0.1, -0.05) is 37.1 Å². The van der Waals surface area contributed by atoms with Crippen LogP contribution in [-0.4, -0.2) is 20.9 Å². The number of fused-ring (bicyclic) bond motifs is 1. The van der Waals surface area contributed by atoms with Crippen molar-refractivity contribution < 1.29 is 23.1 Å².